The smallest absolute Gasteiger partial charge is 0.321 e. The van der Waals surface area contributed by atoms with Crippen LogP contribution in [0.5, 0.6) is 5.75 Å². The first-order valence-electron chi connectivity index (χ1n) is 8.58. The van der Waals surface area contributed by atoms with Crippen molar-refractivity contribution >= 4 is 11.7 Å². The topological polar surface area (TPSA) is 60.0 Å². The zero-order valence-corrected chi connectivity index (χ0v) is 14.6. The Hall–Kier alpha value is -1.79. The third-order valence-electron chi connectivity index (χ3n) is 4.10. The number of nitrogens with zero attached hydrogens (tertiary/aromatic N) is 1. The summed E-state index contributed by atoms with van der Waals surface area (Å²) in [4.78, 5) is 14.2. The summed E-state index contributed by atoms with van der Waals surface area (Å²) in [5, 5.41) is 2.94. The maximum atomic E-state index is 12.3. The number of carbonyl (C=O) groups excluding carboxylic acids is 1. The van der Waals surface area contributed by atoms with Crippen molar-refractivity contribution in [1.29, 1.82) is 0 Å². The summed E-state index contributed by atoms with van der Waals surface area (Å²) in [7, 11) is 1.67. The largest absolute Gasteiger partial charge is 0.494 e. The average molecular weight is 336 g/mol. The van der Waals surface area contributed by atoms with Gasteiger partial charge in [0, 0.05) is 32.5 Å². The standard InChI is InChI=1S/C18H28N2O4/c1-3-24-17-6-4-16(5-7-17)19-18(21)20-10-8-15(9-11-20)14-23-13-12-22-2/h4-7,15H,3,8-14H2,1-2H3,(H,19,21). The van der Waals surface area contributed by atoms with Crippen molar-refractivity contribution < 1.29 is 19.0 Å². The van der Waals surface area contributed by atoms with Crippen LogP contribution in [0, 0.1) is 5.92 Å². The normalized spacial score (nSPS) is 15.3. The predicted octanol–water partition coefficient (Wildman–Crippen LogP) is 2.99. The number of hydrogen-bond donors (Lipinski definition) is 1. The molecule has 1 aromatic carbocycles. The van der Waals surface area contributed by atoms with Crippen LogP contribution in [-0.2, 0) is 9.47 Å². The summed E-state index contributed by atoms with van der Waals surface area (Å²) in [5.74, 6) is 1.33. The highest BCUT2D eigenvalue weighted by Crippen LogP contribution is 2.20. The summed E-state index contributed by atoms with van der Waals surface area (Å²) in [6.45, 7) is 6.12. The quantitative estimate of drug-likeness (QED) is 0.742. The molecule has 0 saturated carbocycles. The van der Waals surface area contributed by atoms with Crippen molar-refractivity contribution in [3.05, 3.63) is 24.3 Å². The Balaban J connectivity index is 1.70. The minimum absolute atomic E-state index is 0.0436. The number of benzene rings is 1. The number of carbonyl (C=O) groups is 1. The lowest BCUT2D eigenvalue weighted by molar-refractivity contribution is 0.0386. The molecule has 2 amide bonds. The Kier molecular flexibility index (Phi) is 7.85. The molecule has 0 radical (unpaired) electrons. The van der Waals surface area contributed by atoms with Gasteiger partial charge in [0.25, 0.3) is 0 Å². The summed E-state index contributed by atoms with van der Waals surface area (Å²) in [6.07, 6.45) is 1.95. The van der Waals surface area contributed by atoms with Gasteiger partial charge in [-0.05, 0) is 49.9 Å². The van der Waals surface area contributed by atoms with Gasteiger partial charge in [0.05, 0.1) is 19.8 Å². The molecule has 1 saturated heterocycles. The monoisotopic (exact) mass is 336 g/mol. The van der Waals surface area contributed by atoms with E-state index in [9.17, 15) is 4.79 Å². The first-order valence-corrected chi connectivity index (χ1v) is 8.58. The van der Waals surface area contributed by atoms with Crippen molar-refractivity contribution in [2.45, 2.75) is 19.8 Å². The fourth-order valence-electron chi connectivity index (χ4n) is 2.70. The SMILES string of the molecule is CCOc1ccc(NC(=O)N2CCC(COCCOC)CC2)cc1. The molecular formula is C18H28N2O4. The van der Waals surface area contributed by atoms with Gasteiger partial charge >= 0.3 is 6.03 Å². The van der Waals surface area contributed by atoms with Crippen LogP contribution in [0.4, 0.5) is 10.5 Å². The number of nitrogens with one attached hydrogen (secondary N) is 1. The summed E-state index contributed by atoms with van der Waals surface area (Å²) >= 11 is 0. The van der Waals surface area contributed by atoms with Gasteiger partial charge in [-0.15, -0.1) is 0 Å². The second-order valence-electron chi connectivity index (χ2n) is 5.89. The Morgan fingerprint density at radius 2 is 1.92 bits per heavy atom. The first-order chi connectivity index (χ1) is 11.7. The van der Waals surface area contributed by atoms with Gasteiger partial charge in [0.15, 0.2) is 0 Å². The Labute approximate surface area is 144 Å². The summed E-state index contributed by atoms with van der Waals surface area (Å²) in [6, 6.07) is 7.40. The van der Waals surface area contributed by atoms with E-state index in [1.54, 1.807) is 7.11 Å². The maximum absolute atomic E-state index is 12.3. The predicted molar refractivity (Wildman–Crippen MR) is 93.6 cm³/mol. The zero-order chi connectivity index (χ0) is 17.2. The molecule has 0 aromatic heterocycles. The third kappa shape index (κ3) is 6.02. The molecule has 0 unspecified atom stereocenters. The summed E-state index contributed by atoms with van der Waals surface area (Å²) < 4.78 is 15.9. The van der Waals surface area contributed by atoms with E-state index in [-0.39, 0.29) is 6.03 Å². The van der Waals surface area contributed by atoms with E-state index < -0.39 is 0 Å². The van der Waals surface area contributed by atoms with E-state index in [1.165, 1.54) is 0 Å². The van der Waals surface area contributed by atoms with Crippen LogP contribution in [0.3, 0.4) is 0 Å². The molecule has 1 aliphatic heterocycles. The molecule has 24 heavy (non-hydrogen) atoms. The summed E-state index contributed by atoms with van der Waals surface area (Å²) in [5.41, 5.74) is 0.786. The van der Waals surface area contributed by atoms with Crippen LogP contribution in [-0.4, -0.2) is 57.6 Å². The highest BCUT2D eigenvalue weighted by Gasteiger charge is 2.22. The number of ether oxygens (including phenoxy) is 3. The van der Waals surface area contributed by atoms with E-state index in [2.05, 4.69) is 5.32 Å². The van der Waals surface area contributed by atoms with Crippen LogP contribution < -0.4 is 10.1 Å². The molecule has 6 heteroatoms. The van der Waals surface area contributed by atoms with Crippen LogP contribution in [0.15, 0.2) is 24.3 Å². The van der Waals surface area contributed by atoms with Gasteiger partial charge in [0.1, 0.15) is 5.75 Å². The molecule has 2 rings (SSSR count). The molecular weight excluding hydrogens is 308 g/mol. The second kappa shape index (κ2) is 10.2. The Morgan fingerprint density at radius 3 is 2.54 bits per heavy atom. The van der Waals surface area contributed by atoms with Crippen molar-refractivity contribution in [1.82, 2.24) is 4.90 Å². The second-order valence-corrected chi connectivity index (χ2v) is 5.89. The lowest BCUT2D eigenvalue weighted by Gasteiger charge is -2.31. The van der Waals surface area contributed by atoms with Crippen LogP contribution >= 0.6 is 0 Å². The molecule has 6 nitrogen and oxygen atoms in total. The molecule has 0 bridgehead atoms. The minimum Gasteiger partial charge on any atom is -0.494 e. The van der Waals surface area contributed by atoms with E-state index in [4.69, 9.17) is 14.2 Å². The number of urea groups is 1. The number of methoxy groups -OCH3 is 1. The molecule has 1 aromatic rings. The maximum Gasteiger partial charge on any atom is 0.321 e. The molecule has 0 atom stereocenters. The minimum atomic E-state index is -0.0436. The average Bonchev–Trinajstić information content (AvgIpc) is 2.61. The molecule has 1 aliphatic rings. The van der Waals surface area contributed by atoms with E-state index in [1.807, 2.05) is 36.1 Å². The number of amides is 2. The number of hydrogen-bond acceptors (Lipinski definition) is 4. The van der Waals surface area contributed by atoms with Crippen LogP contribution in [0.1, 0.15) is 19.8 Å². The molecule has 1 heterocycles. The van der Waals surface area contributed by atoms with Gasteiger partial charge in [0.2, 0.25) is 0 Å². The lowest BCUT2D eigenvalue weighted by atomic mass is 9.98. The van der Waals surface area contributed by atoms with Crippen LogP contribution in [0.2, 0.25) is 0 Å². The van der Waals surface area contributed by atoms with Gasteiger partial charge in [-0.3, -0.25) is 0 Å². The van der Waals surface area contributed by atoms with E-state index in [0.717, 1.165) is 44.0 Å². The van der Waals surface area contributed by atoms with E-state index in [0.29, 0.717) is 25.7 Å². The number of piperidine rings is 1. The van der Waals surface area contributed by atoms with Crippen LogP contribution in [0.25, 0.3) is 0 Å². The fourth-order valence-corrected chi connectivity index (χ4v) is 2.70. The van der Waals surface area contributed by atoms with Crippen molar-refractivity contribution in [3.8, 4) is 5.75 Å². The van der Waals surface area contributed by atoms with Crippen molar-refractivity contribution in [3.63, 3.8) is 0 Å². The van der Waals surface area contributed by atoms with Gasteiger partial charge in [-0.2, -0.15) is 0 Å². The van der Waals surface area contributed by atoms with Gasteiger partial charge in [-0.25, -0.2) is 4.79 Å². The van der Waals surface area contributed by atoms with Gasteiger partial charge < -0.3 is 24.4 Å². The van der Waals surface area contributed by atoms with Crippen molar-refractivity contribution in [2.75, 3.05) is 51.9 Å². The van der Waals surface area contributed by atoms with E-state index >= 15 is 0 Å². The number of anilines is 1. The van der Waals surface area contributed by atoms with Gasteiger partial charge in [-0.1, -0.05) is 0 Å². The molecule has 0 aliphatic carbocycles. The molecule has 1 fully saturated rings. The van der Waals surface area contributed by atoms with Crippen molar-refractivity contribution in [2.24, 2.45) is 5.92 Å². The Bertz CT molecular complexity index is 484. The molecule has 134 valence electrons. The third-order valence-corrected chi connectivity index (χ3v) is 4.10. The first kappa shape index (κ1) is 18.5. The lowest BCUT2D eigenvalue weighted by Crippen LogP contribution is -2.41. The Morgan fingerprint density at radius 1 is 1.21 bits per heavy atom. The molecule has 1 N–H and O–H groups in total. The number of likely N-dealkylation sites (tertiary alicyclic amines) is 1. The highest BCUT2D eigenvalue weighted by molar-refractivity contribution is 5.89. The highest BCUT2D eigenvalue weighted by atomic mass is 16.5. The molecule has 0 spiro atoms. The zero-order valence-electron chi connectivity index (χ0n) is 14.6. The number of rotatable bonds is 8. The fraction of sp³-hybridized carbons (Fsp3) is 0.611.